The van der Waals surface area contributed by atoms with Gasteiger partial charge < -0.3 is 5.11 Å². The number of halogens is 1. The van der Waals surface area contributed by atoms with Crippen molar-refractivity contribution < 1.29 is 9.50 Å². The van der Waals surface area contributed by atoms with Gasteiger partial charge in [0.1, 0.15) is 5.82 Å². The molecule has 0 bridgehead atoms. The molecule has 106 valence electrons. The van der Waals surface area contributed by atoms with Gasteiger partial charge >= 0.3 is 0 Å². The number of benzene rings is 1. The minimum absolute atomic E-state index is 0.241. The lowest BCUT2D eigenvalue weighted by molar-refractivity contribution is 0.0156. The summed E-state index contributed by atoms with van der Waals surface area (Å²) in [5.74, 6) is 0.442. The average molecular weight is 264 g/mol. The van der Waals surface area contributed by atoms with Gasteiger partial charge in [-0.3, -0.25) is 0 Å². The molecular formula is C17H25FO. The topological polar surface area (TPSA) is 20.2 Å². The van der Waals surface area contributed by atoms with Crippen LogP contribution < -0.4 is 0 Å². The molecule has 0 aromatic heterocycles. The summed E-state index contributed by atoms with van der Waals surface area (Å²) >= 11 is 0. The van der Waals surface area contributed by atoms with Crippen LogP contribution in [0, 0.1) is 25.6 Å². The molecule has 1 aromatic carbocycles. The number of hydrogen-bond acceptors (Lipinski definition) is 1. The summed E-state index contributed by atoms with van der Waals surface area (Å²) in [5, 5.41) is 10.9. The maximum absolute atomic E-state index is 14.3. The van der Waals surface area contributed by atoms with Gasteiger partial charge in [0, 0.05) is 5.56 Å². The van der Waals surface area contributed by atoms with Crippen molar-refractivity contribution in [3.63, 3.8) is 0 Å². The Kier molecular flexibility index (Phi) is 4.29. The van der Waals surface area contributed by atoms with Crippen molar-refractivity contribution in [2.45, 2.75) is 64.9 Å². The summed E-state index contributed by atoms with van der Waals surface area (Å²) in [4.78, 5) is 0. The molecule has 19 heavy (non-hydrogen) atoms. The minimum Gasteiger partial charge on any atom is -0.385 e. The molecule has 2 unspecified atom stereocenters. The van der Waals surface area contributed by atoms with Crippen LogP contribution in [0.5, 0.6) is 0 Å². The monoisotopic (exact) mass is 264 g/mol. The van der Waals surface area contributed by atoms with Crippen molar-refractivity contribution in [2.24, 2.45) is 5.92 Å². The van der Waals surface area contributed by atoms with Crippen molar-refractivity contribution in [2.75, 3.05) is 0 Å². The summed E-state index contributed by atoms with van der Waals surface area (Å²) in [6.07, 6.45) is 5.68. The average Bonchev–Trinajstić information content (AvgIpc) is 2.50. The van der Waals surface area contributed by atoms with Gasteiger partial charge in [-0.15, -0.1) is 0 Å². The Morgan fingerprint density at radius 3 is 2.63 bits per heavy atom. The molecule has 2 rings (SSSR count). The fourth-order valence-electron chi connectivity index (χ4n) is 3.56. The first kappa shape index (κ1) is 14.5. The third-order valence-corrected chi connectivity index (χ3v) is 4.64. The van der Waals surface area contributed by atoms with Crippen LogP contribution in [0.1, 0.15) is 62.1 Å². The van der Waals surface area contributed by atoms with Crippen LogP contribution in [0.2, 0.25) is 0 Å². The molecule has 1 aromatic rings. The summed E-state index contributed by atoms with van der Waals surface area (Å²) in [7, 11) is 0. The van der Waals surface area contributed by atoms with Crippen molar-refractivity contribution in [1.82, 2.24) is 0 Å². The molecule has 0 amide bonds. The molecule has 1 N–H and O–H groups in total. The highest BCUT2D eigenvalue weighted by Crippen LogP contribution is 2.41. The zero-order valence-corrected chi connectivity index (χ0v) is 12.3. The quantitative estimate of drug-likeness (QED) is 0.773. The van der Waals surface area contributed by atoms with Crippen LogP contribution in [0.4, 0.5) is 4.39 Å². The predicted octanol–water partition coefficient (Wildman–Crippen LogP) is 4.62. The molecule has 1 fully saturated rings. The Bertz CT molecular complexity index is 432. The second-order valence-electron chi connectivity index (χ2n) is 6.18. The van der Waals surface area contributed by atoms with E-state index in [1.807, 2.05) is 19.9 Å². The van der Waals surface area contributed by atoms with E-state index in [0.717, 1.165) is 36.8 Å². The van der Waals surface area contributed by atoms with E-state index in [0.29, 0.717) is 24.3 Å². The van der Waals surface area contributed by atoms with Gasteiger partial charge in [0.25, 0.3) is 0 Å². The van der Waals surface area contributed by atoms with Gasteiger partial charge in [0.15, 0.2) is 0 Å². The fourth-order valence-corrected chi connectivity index (χ4v) is 3.56. The van der Waals surface area contributed by atoms with E-state index in [4.69, 9.17) is 0 Å². The molecule has 1 nitrogen and oxygen atoms in total. The second kappa shape index (κ2) is 5.62. The lowest BCUT2D eigenvalue weighted by atomic mass is 9.82. The van der Waals surface area contributed by atoms with Crippen molar-refractivity contribution in [1.29, 1.82) is 0 Å². The third-order valence-electron chi connectivity index (χ3n) is 4.64. The Balaban J connectivity index is 2.34. The van der Waals surface area contributed by atoms with Crippen LogP contribution in [0.15, 0.2) is 12.1 Å². The van der Waals surface area contributed by atoms with E-state index >= 15 is 0 Å². The highest BCUT2D eigenvalue weighted by atomic mass is 19.1. The first-order valence-corrected chi connectivity index (χ1v) is 7.46. The highest BCUT2D eigenvalue weighted by molar-refractivity contribution is 5.36. The van der Waals surface area contributed by atoms with Crippen LogP contribution in [0.3, 0.4) is 0 Å². The molecule has 1 aliphatic rings. The molecule has 2 heteroatoms. The summed E-state index contributed by atoms with van der Waals surface area (Å²) in [6.45, 7) is 6.00. The molecular weight excluding hydrogens is 239 g/mol. The van der Waals surface area contributed by atoms with Gasteiger partial charge in [-0.05, 0) is 62.6 Å². The molecule has 0 heterocycles. The van der Waals surface area contributed by atoms with Gasteiger partial charge in [-0.25, -0.2) is 4.39 Å². The maximum atomic E-state index is 14.3. The number of hydrogen-bond donors (Lipinski definition) is 1. The standard InChI is InChI=1S/C17H25FO/c1-4-14-6-5-8-17(19,9-7-14)16-13(3)10-12(2)11-15(16)18/h10-11,14,19H,4-9H2,1-3H3. The van der Waals surface area contributed by atoms with E-state index in [-0.39, 0.29) is 5.82 Å². The Morgan fingerprint density at radius 2 is 2.00 bits per heavy atom. The van der Waals surface area contributed by atoms with Crippen molar-refractivity contribution >= 4 is 0 Å². The zero-order valence-electron chi connectivity index (χ0n) is 12.3. The Hall–Kier alpha value is -0.890. The number of rotatable bonds is 2. The summed E-state index contributed by atoms with van der Waals surface area (Å²) < 4.78 is 14.3. The zero-order chi connectivity index (χ0) is 14.0. The maximum Gasteiger partial charge on any atom is 0.129 e. The van der Waals surface area contributed by atoms with Crippen LogP contribution in [-0.2, 0) is 5.60 Å². The van der Waals surface area contributed by atoms with E-state index in [1.54, 1.807) is 6.07 Å². The van der Waals surface area contributed by atoms with E-state index in [9.17, 15) is 9.50 Å². The van der Waals surface area contributed by atoms with Gasteiger partial charge in [0.2, 0.25) is 0 Å². The van der Waals surface area contributed by atoms with Crippen molar-refractivity contribution in [3.8, 4) is 0 Å². The summed E-state index contributed by atoms with van der Waals surface area (Å²) in [6, 6.07) is 3.51. The Labute approximate surface area is 115 Å². The summed E-state index contributed by atoms with van der Waals surface area (Å²) in [5.41, 5.74) is 1.37. The molecule has 0 spiro atoms. The lowest BCUT2D eigenvalue weighted by Gasteiger charge is -2.29. The number of aryl methyl sites for hydroxylation is 2. The van der Waals surface area contributed by atoms with Crippen LogP contribution >= 0.6 is 0 Å². The van der Waals surface area contributed by atoms with Crippen LogP contribution in [-0.4, -0.2) is 5.11 Å². The molecule has 2 atom stereocenters. The molecule has 0 saturated heterocycles. The van der Waals surface area contributed by atoms with Gasteiger partial charge in [0.05, 0.1) is 5.60 Å². The second-order valence-corrected chi connectivity index (χ2v) is 6.18. The SMILES string of the molecule is CCC1CCCC(O)(c2c(C)cc(C)cc2F)CC1. The first-order chi connectivity index (χ1) is 8.96. The smallest absolute Gasteiger partial charge is 0.129 e. The van der Waals surface area contributed by atoms with Gasteiger partial charge in [-0.1, -0.05) is 25.8 Å². The normalized spacial score (nSPS) is 28.2. The molecule has 0 aliphatic heterocycles. The predicted molar refractivity (Wildman–Crippen MR) is 76.6 cm³/mol. The minimum atomic E-state index is -0.966. The Morgan fingerprint density at radius 1 is 1.26 bits per heavy atom. The lowest BCUT2D eigenvalue weighted by Crippen LogP contribution is -2.27. The van der Waals surface area contributed by atoms with Crippen LogP contribution in [0.25, 0.3) is 0 Å². The fraction of sp³-hybridized carbons (Fsp3) is 0.647. The molecule has 1 aliphatic carbocycles. The highest BCUT2D eigenvalue weighted by Gasteiger charge is 2.35. The molecule has 1 saturated carbocycles. The third kappa shape index (κ3) is 3.00. The van der Waals surface area contributed by atoms with Crippen molar-refractivity contribution in [3.05, 3.63) is 34.6 Å². The van der Waals surface area contributed by atoms with E-state index < -0.39 is 5.60 Å². The number of aliphatic hydroxyl groups is 1. The van der Waals surface area contributed by atoms with Gasteiger partial charge in [-0.2, -0.15) is 0 Å². The molecule has 0 radical (unpaired) electrons. The van der Waals surface area contributed by atoms with E-state index in [1.165, 1.54) is 0 Å². The first-order valence-electron chi connectivity index (χ1n) is 7.46. The van der Waals surface area contributed by atoms with E-state index in [2.05, 4.69) is 6.92 Å². The largest absolute Gasteiger partial charge is 0.385 e.